The lowest BCUT2D eigenvalue weighted by molar-refractivity contribution is -0.150. The molecule has 1 aliphatic carbocycles. The summed E-state index contributed by atoms with van der Waals surface area (Å²) in [6.07, 6.45) is 5.55. The monoisotopic (exact) mass is 379 g/mol. The Kier molecular flexibility index (Phi) is 6.12. The third-order valence-corrected chi connectivity index (χ3v) is 5.48. The smallest absolute Gasteiger partial charge is 0.238 e. The third-order valence-electron chi connectivity index (χ3n) is 5.48. The lowest BCUT2D eigenvalue weighted by Crippen LogP contribution is -2.48. The Hall–Kier alpha value is -2.69. The molecule has 2 aromatic rings. The highest BCUT2D eigenvalue weighted by atomic mass is 16.2. The number of likely N-dealkylation sites (N-methyl/N-ethyl adjacent to an activating group) is 1. The molecule has 0 N–H and O–H groups in total. The molecule has 5 nitrogen and oxygen atoms in total. The third kappa shape index (κ3) is 4.41. The average molecular weight is 380 g/mol. The van der Waals surface area contributed by atoms with E-state index < -0.39 is 5.41 Å². The van der Waals surface area contributed by atoms with E-state index in [9.17, 15) is 9.59 Å². The summed E-state index contributed by atoms with van der Waals surface area (Å²) in [5.41, 5.74) is 1.35. The van der Waals surface area contributed by atoms with Gasteiger partial charge in [0, 0.05) is 38.6 Å². The van der Waals surface area contributed by atoms with Gasteiger partial charge in [0.15, 0.2) is 0 Å². The Bertz CT molecular complexity index is 801. The number of aromatic nitrogens is 1. The van der Waals surface area contributed by atoms with E-state index in [2.05, 4.69) is 4.98 Å². The predicted molar refractivity (Wildman–Crippen MR) is 109 cm³/mol. The van der Waals surface area contributed by atoms with Crippen molar-refractivity contribution in [2.75, 3.05) is 13.6 Å². The van der Waals surface area contributed by atoms with Crippen LogP contribution < -0.4 is 0 Å². The number of benzene rings is 1. The number of carbonyl (C=O) groups is 2. The molecule has 1 aliphatic rings. The van der Waals surface area contributed by atoms with Crippen LogP contribution in [0, 0.1) is 5.41 Å². The molecule has 2 amide bonds. The van der Waals surface area contributed by atoms with Gasteiger partial charge in [0.1, 0.15) is 5.41 Å². The Balaban J connectivity index is 1.67. The number of hydrogen-bond donors (Lipinski definition) is 0. The fourth-order valence-electron chi connectivity index (χ4n) is 3.50. The van der Waals surface area contributed by atoms with E-state index in [4.69, 9.17) is 0 Å². The Morgan fingerprint density at radius 3 is 2.21 bits per heavy atom. The van der Waals surface area contributed by atoms with Crippen LogP contribution in [0.5, 0.6) is 0 Å². The molecule has 28 heavy (non-hydrogen) atoms. The molecule has 1 heterocycles. The van der Waals surface area contributed by atoms with Crippen molar-refractivity contribution in [1.29, 1.82) is 0 Å². The van der Waals surface area contributed by atoms with Gasteiger partial charge in [-0.3, -0.25) is 14.6 Å². The normalized spacial score (nSPS) is 14.6. The van der Waals surface area contributed by atoms with Gasteiger partial charge in [-0.25, -0.2) is 0 Å². The molecule has 148 valence electrons. The first-order valence-electron chi connectivity index (χ1n) is 9.93. The van der Waals surface area contributed by atoms with E-state index in [-0.39, 0.29) is 17.9 Å². The minimum Gasteiger partial charge on any atom is -0.344 e. The molecule has 0 radical (unpaired) electrons. The fourth-order valence-corrected chi connectivity index (χ4v) is 3.50. The van der Waals surface area contributed by atoms with Gasteiger partial charge in [0.05, 0.1) is 0 Å². The zero-order valence-corrected chi connectivity index (χ0v) is 17.0. The van der Waals surface area contributed by atoms with Crippen LogP contribution in [0.2, 0.25) is 0 Å². The molecule has 0 spiro atoms. The molecule has 1 aromatic carbocycles. The van der Waals surface area contributed by atoms with Crippen LogP contribution >= 0.6 is 0 Å². The Labute approximate surface area is 167 Å². The van der Waals surface area contributed by atoms with E-state index in [0.29, 0.717) is 25.9 Å². The van der Waals surface area contributed by atoms with Crippen LogP contribution in [0.3, 0.4) is 0 Å². The maximum absolute atomic E-state index is 13.4. The SMILES string of the molecule is CC(C)N(Cc1ccccc1)C(=O)C1(C(=O)N(C)CCc2ccncc2)CC1. The average Bonchev–Trinajstić information content (AvgIpc) is 3.52. The van der Waals surface area contributed by atoms with Gasteiger partial charge in [0.2, 0.25) is 11.8 Å². The van der Waals surface area contributed by atoms with E-state index in [0.717, 1.165) is 17.5 Å². The number of carbonyl (C=O) groups excluding carboxylic acids is 2. The first kappa shape index (κ1) is 20.1. The van der Waals surface area contributed by atoms with Crippen molar-refractivity contribution in [3.8, 4) is 0 Å². The molecule has 0 bridgehead atoms. The summed E-state index contributed by atoms with van der Waals surface area (Å²) in [7, 11) is 1.80. The number of nitrogens with zero attached hydrogens (tertiary/aromatic N) is 3. The highest BCUT2D eigenvalue weighted by Crippen LogP contribution is 2.49. The van der Waals surface area contributed by atoms with Crippen LogP contribution in [0.4, 0.5) is 0 Å². The number of hydrogen-bond acceptors (Lipinski definition) is 3. The van der Waals surface area contributed by atoms with Gasteiger partial charge in [-0.2, -0.15) is 0 Å². The van der Waals surface area contributed by atoms with Crippen molar-refractivity contribution < 1.29 is 9.59 Å². The van der Waals surface area contributed by atoms with Gasteiger partial charge in [-0.15, -0.1) is 0 Å². The molecule has 0 aliphatic heterocycles. The number of amides is 2. The molecule has 0 unspecified atom stereocenters. The molecule has 1 fully saturated rings. The second kappa shape index (κ2) is 8.55. The predicted octanol–water partition coefficient (Wildman–Crippen LogP) is 3.30. The minimum atomic E-state index is -0.869. The van der Waals surface area contributed by atoms with E-state index in [1.807, 2.05) is 61.2 Å². The van der Waals surface area contributed by atoms with Crippen molar-refractivity contribution in [3.63, 3.8) is 0 Å². The van der Waals surface area contributed by atoms with Crippen molar-refractivity contribution >= 4 is 11.8 Å². The molecule has 5 heteroatoms. The van der Waals surface area contributed by atoms with Gasteiger partial charge in [-0.05, 0) is 56.4 Å². The minimum absolute atomic E-state index is 0.0351. The van der Waals surface area contributed by atoms with Crippen LogP contribution in [0.15, 0.2) is 54.9 Å². The van der Waals surface area contributed by atoms with E-state index >= 15 is 0 Å². The molecule has 1 aromatic heterocycles. The van der Waals surface area contributed by atoms with E-state index in [1.54, 1.807) is 24.3 Å². The molecule has 1 saturated carbocycles. The summed E-state index contributed by atoms with van der Waals surface area (Å²) >= 11 is 0. The van der Waals surface area contributed by atoms with Crippen molar-refractivity contribution in [1.82, 2.24) is 14.8 Å². The van der Waals surface area contributed by atoms with E-state index in [1.165, 1.54) is 0 Å². The Morgan fingerprint density at radius 2 is 1.64 bits per heavy atom. The highest BCUT2D eigenvalue weighted by molar-refractivity contribution is 6.07. The first-order valence-corrected chi connectivity index (χ1v) is 9.93. The van der Waals surface area contributed by atoms with Gasteiger partial charge >= 0.3 is 0 Å². The number of pyridine rings is 1. The lowest BCUT2D eigenvalue weighted by Gasteiger charge is -2.32. The summed E-state index contributed by atoms with van der Waals surface area (Å²) in [5, 5.41) is 0. The standard InChI is InChI=1S/C23H29N3O2/c1-18(2)26(17-20-7-5-4-6-8-20)22(28)23(12-13-23)21(27)25(3)16-11-19-9-14-24-15-10-19/h4-10,14-15,18H,11-13,16-17H2,1-3H3. The maximum Gasteiger partial charge on any atom is 0.238 e. The van der Waals surface area contributed by atoms with Crippen LogP contribution in [0.1, 0.15) is 37.8 Å². The van der Waals surface area contributed by atoms with Crippen LogP contribution in [-0.4, -0.2) is 46.2 Å². The summed E-state index contributed by atoms with van der Waals surface area (Å²) in [4.78, 5) is 34.1. The summed E-state index contributed by atoms with van der Waals surface area (Å²) in [6, 6.07) is 13.9. The lowest BCUT2D eigenvalue weighted by atomic mass is 10.0. The van der Waals surface area contributed by atoms with Crippen molar-refractivity contribution in [2.45, 2.75) is 45.7 Å². The quantitative estimate of drug-likeness (QED) is 0.661. The zero-order chi connectivity index (χ0) is 20.1. The van der Waals surface area contributed by atoms with Crippen LogP contribution in [-0.2, 0) is 22.6 Å². The van der Waals surface area contributed by atoms with Crippen molar-refractivity contribution in [3.05, 3.63) is 66.0 Å². The fraction of sp³-hybridized carbons (Fsp3) is 0.435. The summed E-state index contributed by atoms with van der Waals surface area (Å²) in [5.74, 6) is -0.0858. The number of rotatable bonds is 8. The largest absolute Gasteiger partial charge is 0.344 e. The molecule has 0 saturated heterocycles. The van der Waals surface area contributed by atoms with Crippen molar-refractivity contribution in [2.24, 2.45) is 5.41 Å². The molecular formula is C23H29N3O2. The second-order valence-electron chi connectivity index (χ2n) is 7.93. The van der Waals surface area contributed by atoms with Gasteiger partial charge < -0.3 is 9.80 Å². The second-order valence-corrected chi connectivity index (χ2v) is 7.93. The van der Waals surface area contributed by atoms with Crippen LogP contribution in [0.25, 0.3) is 0 Å². The Morgan fingerprint density at radius 1 is 1.00 bits per heavy atom. The maximum atomic E-state index is 13.4. The highest BCUT2D eigenvalue weighted by Gasteiger charge is 2.59. The summed E-state index contributed by atoms with van der Waals surface area (Å²) in [6.45, 7) is 5.15. The molecule has 0 atom stereocenters. The summed E-state index contributed by atoms with van der Waals surface area (Å²) < 4.78 is 0. The first-order chi connectivity index (χ1) is 13.4. The zero-order valence-electron chi connectivity index (χ0n) is 17.0. The van der Waals surface area contributed by atoms with Gasteiger partial charge in [0.25, 0.3) is 0 Å². The molecule has 3 rings (SSSR count). The molecular weight excluding hydrogens is 350 g/mol. The van der Waals surface area contributed by atoms with Gasteiger partial charge in [-0.1, -0.05) is 30.3 Å². The topological polar surface area (TPSA) is 53.5 Å².